The fraction of sp³-hybridized carbons (Fsp3) is 0.909. The van der Waals surface area contributed by atoms with E-state index >= 15 is 0 Å². The van der Waals surface area contributed by atoms with Crippen LogP contribution < -0.4 is 5.32 Å². The second-order valence-corrected chi connectivity index (χ2v) is 4.35. The zero-order valence-electron chi connectivity index (χ0n) is 10.1. The molecule has 82 valence electrons. The van der Waals surface area contributed by atoms with Gasteiger partial charge in [-0.2, -0.15) is 5.26 Å². The van der Waals surface area contributed by atoms with Gasteiger partial charge in [0.05, 0.1) is 6.07 Å². The average Bonchev–Trinajstić information content (AvgIpc) is 2.15. The highest BCUT2D eigenvalue weighted by Crippen LogP contribution is 2.18. The zero-order valence-corrected chi connectivity index (χ0v) is 10.1. The Kier molecular flexibility index (Phi) is 5.75. The number of rotatable bonds is 6. The molecular weight excluding hydrogens is 174 g/mol. The van der Waals surface area contributed by atoms with Crippen LogP contribution in [0.1, 0.15) is 27.2 Å². The minimum atomic E-state index is -0.384. The summed E-state index contributed by atoms with van der Waals surface area (Å²) in [6, 6.07) is 2.37. The van der Waals surface area contributed by atoms with Gasteiger partial charge >= 0.3 is 0 Å². The Morgan fingerprint density at radius 2 is 2.07 bits per heavy atom. The summed E-state index contributed by atoms with van der Waals surface area (Å²) in [6.07, 6.45) is 1.03. The van der Waals surface area contributed by atoms with E-state index in [1.165, 1.54) is 0 Å². The first-order valence-corrected chi connectivity index (χ1v) is 5.27. The first-order valence-electron chi connectivity index (χ1n) is 5.27. The third kappa shape index (κ3) is 4.08. The number of likely N-dealkylation sites (N-methyl/N-ethyl adjacent to an activating group) is 1. The van der Waals surface area contributed by atoms with Crippen LogP contribution in [0.5, 0.6) is 0 Å². The maximum absolute atomic E-state index is 9.13. The van der Waals surface area contributed by atoms with Crippen LogP contribution in [0.2, 0.25) is 0 Å². The average molecular weight is 197 g/mol. The molecule has 1 N–H and O–H groups in total. The summed E-state index contributed by atoms with van der Waals surface area (Å²) in [4.78, 5) is 2.11. The molecule has 0 saturated carbocycles. The van der Waals surface area contributed by atoms with Gasteiger partial charge in [0.1, 0.15) is 5.54 Å². The van der Waals surface area contributed by atoms with Gasteiger partial charge in [0.15, 0.2) is 0 Å². The van der Waals surface area contributed by atoms with Crippen molar-refractivity contribution in [1.29, 1.82) is 5.26 Å². The molecule has 0 aromatic heterocycles. The largest absolute Gasteiger partial charge is 0.308 e. The Labute approximate surface area is 88.1 Å². The van der Waals surface area contributed by atoms with Crippen molar-refractivity contribution in [3.8, 4) is 6.07 Å². The molecule has 0 aliphatic heterocycles. The summed E-state index contributed by atoms with van der Waals surface area (Å²) in [6.45, 7) is 8.05. The quantitative estimate of drug-likeness (QED) is 0.701. The topological polar surface area (TPSA) is 39.1 Å². The molecule has 0 saturated heterocycles. The Morgan fingerprint density at radius 1 is 1.50 bits per heavy atom. The predicted molar refractivity (Wildman–Crippen MR) is 60.0 cm³/mol. The molecule has 0 aromatic rings. The van der Waals surface area contributed by atoms with Crippen LogP contribution in [-0.2, 0) is 0 Å². The van der Waals surface area contributed by atoms with Crippen LogP contribution in [0.25, 0.3) is 0 Å². The molecular formula is C11H23N3. The lowest BCUT2D eigenvalue weighted by atomic mass is 9.86. The van der Waals surface area contributed by atoms with Crippen molar-refractivity contribution in [3.63, 3.8) is 0 Å². The fourth-order valence-electron chi connectivity index (χ4n) is 1.27. The minimum Gasteiger partial charge on any atom is -0.308 e. The lowest BCUT2D eigenvalue weighted by molar-refractivity contribution is 0.290. The van der Waals surface area contributed by atoms with Crippen molar-refractivity contribution in [2.45, 2.75) is 32.7 Å². The Bertz CT molecular complexity index is 195. The molecule has 0 spiro atoms. The van der Waals surface area contributed by atoms with Crippen molar-refractivity contribution in [2.75, 3.05) is 27.2 Å². The molecule has 0 heterocycles. The smallest absolute Gasteiger partial charge is 0.106 e. The molecule has 2 unspecified atom stereocenters. The number of hydrogen-bond donors (Lipinski definition) is 1. The van der Waals surface area contributed by atoms with Gasteiger partial charge in [0.25, 0.3) is 0 Å². The normalized spacial score (nSPS) is 17.5. The van der Waals surface area contributed by atoms with E-state index in [1.807, 2.05) is 21.0 Å². The molecule has 0 fully saturated rings. The van der Waals surface area contributed by atoms with Gasteiger partial charge in [-0.25, -0.2) is 0 Å². The van der Waals surface area contributed by atoms with Crippen molar-refractivity contribution < 1.29 is 0 Å². The maximum Gasteiger partial charge on any atom is 0.106 e. The van der Waals surface area contributed by atoms with Gasteiger partial charge < -0.3 is 4.90 Å². The molecule has 0 aliphatic carbocycles. The van der Waals surface area contributed by atoms with Crippen LogP contribution in [0, 0.1) is 17.2 Å². The second kappa shape index (κ2) is 6.00. The van der Waals surface area contributed by atoms with Gasteiger partial charge in [-0.3, -0.25) is 5.32 Å². The van der Waals surface area contributed by atoms with Crippen LogP contribution in [0.15, 0.2) is 0 Å². The van der Waals surface area contributed by atoms with Crippen LogP contribution in [-0.4, -0.2) is 37.6 Å². The highest BCUT2D eigenvalue weighted by molar-refractivity contribution is 5.06. The van der Waals surface area contributed by atoms with E-state index in [-0.39, 0.29) is 5.54 Å². The van der Waals surface area contributed by atoms with Gasteiger partial charge in [0, 0.05) is 13.1 Å². The van der Waals surface area contributed by atoms with E-state index in [1.54, 1.807) is 0 Å². The van der Waals surface area contributed by atoms with E-state index in [0.29, 0.717) is 5.92 Å². The summed E-state index contributed by atoms with van der Waals surface area (Å²) in [7, 11) is 4.07. The number of hydrogen-bond acceptors (Lipinski definition) is 3. The zero-order chi connectivity index (χ0) is 11.2. The monoisotopic (exact) mass is 197 g/mol. The Balaban J connectivity index is 4.08. The van der Waals surface area contributed by atoms with E-state index in [2.05, 4.69) is 30.1 Å². The molecule has 3 nitrogen and oxygen atoms in total. The molecule has 0 aromatic carbocycles. The maximum atomic E-state index is 9.13. The van der Waals surface area contributed by atoms with Gasteiger partial charge in [-0.05, 0) is 26.9 Å². The summed E-state index contributed by atoms with van der Waals surface area (Å²) in [5.41, 5.74) is -0.384. The SMILES string of the molecule is CCC(C)C(C)(C#N)NCCN(C)C. The van der Waals surface area contributed by atoms with Gasteiger partial charge in [-0.15, -0.1) is 0 Å². The second-order valence-electron chi connectivity index (χ2n) is 4.35. The van der Waals surface area contributed by atoms with Crippen molar-refractivity contribution >= 4 is 0 Å². The van der Waals surface area contributed by atoms with Gasteiger partial charge in [-0.1, -0.05) is 20.3 Å². The molecule has 14 heavy (non-hydrogen) atoms. The highest BCUT2D eigenvalue weighted by Gasteiger charge is 2.28. The van der Waals surface area contributed by atoms with Crippen LogP contribution in [0.4, 0.5) is 0 Å². The van der Waals surface area contributed by atoms with Gasteiger partial charge in [0.2, 0.25) is 0 Å². The lowest BCUT2D eigenvalue weighted by Gasteiger charge is -2.29. The van der Waals surface area contributed by atoms with Crippen molar-refractivity contribution in [3.05, 3.63) is 0 Å². The fourth-order valence-corrected chi connectivity index (χ4v) is 1.27. The summed E-state index contributed by atoms with van der Waals surface area (Å²) >= 11 is 0. The van der Waals surface area contributed by atoms with Crippen molar-refractivity contribution in [2.24, 2.45) is 5.92 Å². The molecule has 2 atom stereocenters. The van der Waals surface area contributed by atoms with E-state index < -0.39 is 0 Å². The standard InChI is InChI=1S/C11H23N3/c1-6-10(2)11(3,9-12)13-7-8-14(4)5/h10,13H,6-8H2,1-5H3. The van der Waals surface area contributed by atoms with Crippen LogP contribution in [0.3, 0.4) is 0 Å². The number of nitrogens with one attached hydrogen (secondary N) is 1. The third-order valence-corrected chi connectivity index (χ3v) is 2.88. The number of nitriles is 1. The molecule has 0 aliphatic rings. The molecule has 3 heteroatoms. The van der Waals surface area contributed by atoms with E-state index in [0.717, 1.165) is 19.5 Å². The summed E-state index contributed by atoms with van der Waals surface area (Å²) in [5.74, 6) is 0.384. The highest BCUT2D eigenvalue weighted by atomic mass is 15.1. The van der Waals surface area contributed by atoms with Crippen LogP contribution >= 0.6 is 0 Å². The first kappa shape index (κ1) is 13.4. The third-order valence-electron chi connectivity index (χ3n) is 2.88. The molecule has 0 radical (unpaired) electrons. The Morgan fingerprint density at radius 3 is 2.43 bits per heavy atom. The first-order chi connectivity index (χ1) is 6.46. The summed E-state index contributed by atoms with van der Waals surface area (Å²) < 4.78 is 0. The number of nitrogens with zero attached hydrogens (tertiary/aromatic N) is 2. The Hall–Kier alpha value is -0.590. The van der Waals surface area contributed by atoms with E-state index in [9.17, 15) is 0 Å². The predicted octanol–water partition coefficient (Wildman–Crippen LogP) is 1.47. The molecule has 0 rings (SSSR count). The van der Waals surface area contributed by atoms with Crippen molar-refractivity contribution in [1.82, 2.24) is 10.2 Å². The molecule has 0 amide bonds. The lowest BCUT2D eigenvalue weighted by Crippen LogP contribution is -2.48. The van der Waals surface area contributed by atoms with E-state index in [4.69, 9.17) is 5.26 Å². The molecule has 0 bridgehead atoms. The minimum absolute atomic E-state index is 0.384. The summed E-state index contributed by atoms with van der Waals surface area (Å²) in [5, 5.41) is 12.5.